The fourth-order valence-corrected chi connectivity index (χ4v) is 1.76. The van der Waals surface area contributed by atoms with Crippen molar-refractivity contribution in [2.45, 2.75) is 25.2 Å². The van der Waals surface area contributed by atoms with E-state index in [4.69, 9.17) is 5.73 Å². The summed E-state index contributed by atoms with van der Waals surface area (Å²) in [4.78, 5) is 15.4. The first kappa shape index (κ1) is 8.23. The lowest BCUT2D eigenvalue weighted by atomic mass is 9.94. The van der Waals surface area contributed by atoms with Crippen LogP contribution >= 0.6 is 0 Å². The van der Waals surface area contributed by atoms with E-state index in [1.807, 2.05) is 19.1 Å². The molecule has 2 N–H and O–H groups in total. The molecule has 1 fully saturated rings. The highest BCUT2D eigenvalue weighted by Crippen LogP contribution is 2.48. The molecule has 1 aliphatic carbocycles. The Kier molecular flexibility index (Phi) is 1.62. The Bertz CT molecular complexity index is 356. The van der Waals surface area contributed by atoms with Gasteiger partial charge < -0.3 is 5.73 Å². The standard InChI is InChI=1S/C10H12N2O/c1-7-8(3-2-6-12-7)10(4-5-10)9(11)13/h2-3,6H,4-5H2,1H3,(H2,11,13). The topological polar surface area (TPSA) is 56.0 Å². The van der Waals surface area contributed by atoms with Gasteiger partial charge in [0.1, 0.15) is 0 Å². The molecule has 0 saturated heterocycles. The summed E-state index contributed by atoms with van der Waals surface area (Å²) in [7, 11) is 0. The molecule has 68 valence electrons. The third-order valence-corrected chi connectivity index (χ3v) is 2.74. The molecule has 3 nitrogen and oxygen atoms in total. The summed E-state index contributed by atoms with van der Waals surface area (Å²) in [5.41, 5.74) is 6.89. The van der Waals surface area contributed by atoms with Crippen molar-refractivity contribution in [3.8, 4) is 0 Å². The van der Waals surface area contributed by atoms with Gasteiger partial charge in [-0.2, -0.15) is 0 Å². The molecule has 0 atom stereocenters. The first-order chi connectivity index (χ1) is 6.17. The number of pyridine rings is 1. The van der Waals surface area contributed by atoms with Gasteiger partial charge in [0.2, 0.25) is 5.91 Å². The Morgan fingerprint density at radius 1 is 1.62 bits per heavy atom. The minimum Gasteiger partial charge on any atom is -0.369 e. The number of aryl methyl sites for hydroxylation is 1. The van der Waals surface area contributed by atoms with Crippen molar-refractivity contribution < 1.29 is 4.79 Å². The summed E-state index contributed by atoms with van der Waals surface area (Å²) in [6, 6.07) is 3.80. The van der Waals surface area contributed by atoms with Crippen LogP contribution in [0.5, 0.6) is 0 Å². The number of nitrogens with two attached hydrogens (primary N) is 1. The normalized spacial score (nSPS) is 18.2. The molecule has 0 bridgehead atoms. The first-order valence-corrected chi connectivity index (χ1v) is 4.39. The lowest BCUT2D eigenvalue weighted by molar-refractivity contribution is -0.120. The summed E-state index contributed by atoms with van der Waals surface area (Å²) >= 11 is 0. The van der Waals surface area contributed by atoms with Gasteiger partial charge in [0.25, 0.3) is 0 Å². The fourth-order valence-electron chi connectivity index (χ4n) is 1.76. The molecule has 13 heavy (non-hydrogen) atoms. The van der Waals surface area contributed by atoms with Crippen molar-refractivity contribution in [1.29, 1.82) is 0 Å². The second kappa shape index (κ2) is 2.55. The van der Waals surface area contributed by atoms with Gasteiger partial charge in [-0.05, 0) is 31.4 Å². The number of nitrogens with zero attached hydrogens (tertiary/aromatic N) is 1. The Morgan fingerprint density at radius 2 is 2.31 bits per heavy atom. The molecular formula is C10H12N2O. The molecule has 0 radical (unpaired) electrons. The lowest BCUT2D eigenvalue weighted by Gasteiger charge is -2.12. The number of carbonyl (C=O) groups excluding carboxylic acids is 1. The summed E-state index contributed by atoms with van der Waals surface area (Å²) in [5, 5.41) is 0. The number of aromatic nitrogens is 1. The zero-order chi connectivity index (χ0) is 9.47. The highest BCUT2D eigenvalue weighted by atomic mass is 16.1. The van der Waals surface area contributed by atoms with Crippen LogP contribution in [-0.4, -0.2) is 10.9 Å². The molecule has 2 rings (SSSR count). The Morgan fingerprint density at radius 3 is 2.77 bits per heavy atom. The third-order valence-electron chi connectivity index (χ3n) is 2.74. The highest BCUT2D eigenvalue weighted by molar-refractivity contribution is 5.90. The van der Waals surface area contributed by atoms with Crippen molar-refractivity contribution >= 4 is 5.91 Å². The zero-order valence-corrected chi connectivity index (χ0v) is 7.58. The van der Waals surface area contributed by atoms with Crippen molar-refractivity contribution in [2.75, 3.05) is 0 Å². The van der Waals surface area contributed by atoms with E-state index in [0.717, 1.165) is 24.1 Å². The van der Waals surface area contributed by atoms with Gasteiger partial charge in [-0.3, -0.25) is 9.78 Å². The summed E-state index contributed by atoms with van der Waals surface area (Å²) in [6.07, 6.45) is 3.47. The van der Waals surface area contributed by atoms with Crippen LogP contribution in [0.25, 0.3) is 0 Å². The van der Waals surface area contributed by atoms with E-state index in [9.17, 15) is 4.79 Å². The predicted molar refractivity (Wildman–Crippen MR) is 49.1 cm³/mol. The molecule has 1 saturated carbocycles. The van der Waals surface area contributed by atoms with Crippen LogP contribution in [0.3, 0.4) is 0 Å². The monoisotopic (exact) mass is 176 g/mol. The van der Waals surface area contributed by atoms with Crippen LogP contribution < -0.4 is 5.73 Å². The molecule has 1 heterocycles. The smallest absolute Gasteiger partial charge is 0.228 e. The maximum absolute atomic E-state index is 11.2. The van der Waals surface area contributed by atoms with E-state index in [-0.39, 0.29) is 5.91 Å². The van der Waals surface area contributed by atoms with Crippen LogP contribution in [-0.2, 0) is 10.2 Å². The lowest BCUT2D eigenvalue weighted by Crippen LogP contribution is -2.29. The molecule has 1 aromatic rings. The number of hydrogen-bond donors (Lipinski definition) is 1. The Labute approximate surface area is 77.0 Å². The Hall–Kier alpha value is -1.38. The average Bonchev–Trinajstić information content (AvgIpc) is 2.85. The van der Waals surface area contributed by atoms with Gasteiger partial charge in [0.15, 0.2) is 0 Å². The second-order valence-electron chi connectivity index (χ2n) is 3.58. The third kappa shape index (κ3) is 1.11. The van der Waals surface area contributed by atoms with Crippen molar-refractivity contribution in [3.05, 3.63) is 29.6 Å². The van der Waals surface area contributed by atoms with Gasteiger partial charge in [-0.25, -0.2) is 0 Å². The van der Waals surface area contributed by atoms with E-state index >= 15 is 0 Å². The van der Waals surface area contributed by atoms with E-state index in [0.29, 0.717) is 0 Å². The minimum atomic E-state index is -0.391. The highest BCUT2D eigenvalue weighted by Gasteiger charge is 2.50. The Balaban J connectivity index is 2.47. The van der Waals surface area contributed by atoms with Crippen molar-refractivity contribution in [3.63, 3.8) is 0 Å². The average molecular weight is 176 g/mol. The van der Waals surface area contributed by atoms with E-state index in [1.54, 1.807) is 6.20 Å². The molecular weight excluding hydrogens is 164 g/mol. The zero-order valence-electron chi connectivity index (χ0n) is 7.58. The van der Waals surface area contributed by atoms with Gasteiger partial charge in [-0.1, -0.05) is 6.07 Å². The quantitative estimate of drug-likeness (QED) is 0.728. The minimum absolute atomic E-state index is 0.219. The number of carbonyl (C=O) groups is 1. The van der Waals surface area contributed by atoms with E-state index in [1.165, 1.54) is 0 Å². The number of rotatable bonds is 2. The number of amides is 1. The van der Waals surface area contributed by atoms with Gasteiger partial charge in [0.05, 0.1) is 5.41 Å². The largest absolute Gasteiger partial charge is 0.369 e. The first-order valence-electron chi connectivity index (χ1n) is 4.39. The second-order valence-corrected chi connectivity index (χ2v) is 3.58. The van der Waals surface area contributed by atoms with Crippen LogP contribution in [0.15, 0.2) is 18.3 Å². The molecule has 1 aliphatic rings. The van der Waals surface area contributed by atoms with E-state index < -0.39 is 5.41 Å². The maximum atomic E-state index is 11.2. The summed E-state index contributed by atoms with van der Waals surface area (Å²) in [6.45, 7) is 1.92. The number of primary amides is 1. The number of hydrogen-bond acceptors (Lipinski definition) is 2. The SMILES string of the molecule is Cc1ncccc1C1(C(N)=O)CC1. The molecule has 0 spiro atoms. The van der Waals surface area contributed by atoms with Gasteiger partial charge in [-0.15, -0.1) is 0 Å². The predicted octanol–water partition coefficient (Wildman–Crippen LogP) is 0.907. The molecule has 1 aromatic heterocycles. The molecule has 0 unspecified atom stereocenters. The molecule has 1 amide bonds. The van der Waals surface area contributed by atoms with Crippen molar-refractivity contribution in [1.82, 2.24) is 4.98 Å². The van der Waals surface area contributed by atoms with Crippen molar-refractivity contribution in [2.24, 2.45) is 5.73 Å². The van der Waals surface area contributed by atoms with Crippen LogP contribution in [0.2, 0.25) is 0 Å². The fraction of sp³-hybridized carbons (Fsp3) is 0.400. The van der Waals surface area contributed by atoms with Crippen LogP contribution in [0.1, 0.15) is 24.1 Å². The maximum Gasteiger partial charge on any atom is 0.228 e. The molecule has 0 aliphatic heterocycles. The van der Waals surface area contributed by atoms with Crippen LogP contribution in [0, 0.1) is 6.92 Å². The van der Waals surface area contributed by atoms with E-state index in [2.05, 4.69) is 4.98 Å². The van der Waals surface area contributed by atoms with Gasteiger partial charge in [0, 0.05) is 11.9 Å². The summed E-state index contributed by atoms with van der Waals surface area (Å²) in [5.74, 6) is -0.219. The molecule has 3 heteroatoms. The molecule has 0 aromatic carbocycles. The van der Waals surface area contributed by atoms with Crippen LogP contribution in [0.4, 0.5) is 0 Å². The summed E-state index contributed by atoms with van der Waals surface area (Å²) < 4.78 is 0. The van der Waals surface area contributed by atoms with Gasteiger partial charge >= 0.3 is 0 Å².